The maximum absolute atomic E-state index is 13.5. The summed E-state index contributed by atoms with van der Waals surface area (Å²) in [5.74, 6) is -0.361. The molecule has 0 saturated carbocycles. The Morgan fingerprint density at radius 2 is 1.68 bits per heavy atom. The summed E-state index contributed by atoms with van der Waals surface area (Å²) in [5.41, 5.74) is 1.88. The Labute approximate surface area is 221 Å². The van der Waals surface area contributed by atoms with Crippen LogP contribution < -0.4 is 0 Å². The molecule has 0 aliphatic carbocycles. The highest BCUT2D eigenvalue weighted by molar-refractivity contribution is 5.85. The molecule has 0 saturated heterocycles. The van der Waals surface area contributed by atoms with Gasteiger partial charge in [-0.2, -0.15) is 13.2 Å². The molecule has 0 aliphatic rings. The van der Waals surface area contributed by atoms with Gasteiger partial charge in [-0.3, -0.25) is 9.59 Å². The van der Waals surface area contributed by atoms with Crippen molar-refractivity contribution >= 4 is 22.7 Å². The van der Waals surface area contributed by atoms with E-state index in [2.05, 4.69) is 11.9 Å². The fourth-order valence-corrected chi connectivity index (χ4v) is 4.35. The number of benzene rings is 2. The van der Waals surface area contributed by atoms with Crippen molar-refractivity contribution in [3.8, 4) is 0 Å². The maximum atomic E-state index is 13.5. The molecule has 6 nitrogen and oxygen atoms in total. The second kappa shape index (κ2) is 14.0. The SMILES string of the molecule is CCCCCC(=O)N(CCOC)CC(=O)N(CCc1c[nH]c2ccccc12)Cc1ccc(C(F)(F)F)cc1. The largest absolute Gasteiger partial charge is 0.416 e. The van der Waals surface area contributed by atoms with Crippen molar-refractivity contribution in [3.05, 3.63) is 71.4 Å². The number of para-hydroxylation sites is 1. The molecule has 0 atom stereocenters. The monoisotopic (exact) mass is 531 g/mol. The molecule has 1 N–H and O–H groups in total. The lowest BCUT2D eigenvalue weighted by Gasteiger charge is -2.28. The number of methoxy groups -OCH3 is 1. The minimum absolute atomic E-state index is 0.102. The van der Waals surface area contributed by atoms with E-state index in [9.17, 15) is 22.8 Å². The zero-order valence-corrected chi connectivity index (χ0v) is 22.0. The molecule has 2 amide bonds. The summed E-state index contributed by atoms with van der Waals surface area (Å²) >= 11 is 0. The summed E-state index contributed by atoms with van der Waals surface area (Å²) in [6.07, 6.45) is 1.07. The van der Waals surface area contributed by atoms with Gasteiger partial charge in [-0.05, 0) is 42.2 Å². The van der Waals surface area contributed by atoms with Crippen LogP contribution in [0.3, 0.4) is 0 Å². The number of hydrogen-bond acceptors (Lipinski definition) is 3. The van der Waals surface area contributed by atoms with Gasteiger partial charge in [0.25, 0.3) is 0 Å². The van der Waals surface area contributed by atoms with Gasteiger partial charge in [0.05, 0.1) is 18.7 Å². The summed E-state index contributed by atoms with van der Waals surface area (Å²) in [6, 6.07) is 12.7. The van der Waals surface area contributed by atoms with E-state index in [4.69, 9.17) is 4.74 Å². The fourth-order valence-electron chi connectivity index (χ4n) is 4.35. The Morgan fingerprint density at radius 1 is 0.947 bits per heavy atom. The first-order valence-corrected chi connectivity index (χ1v) is 13.0. The van der Waals surface area contributed by atoms with Crippen molar-refractivity contribution in [3.63, 3.8) is 0 Å². The molecule has 0 unspecified atom stereocenters. The van der Waals surface area contributed by atoms with Crippen molar-refractivity contribution in [1.82, 2.24) is 14.8 Å². The summed E-state index contributed by atoms with van der Waals surface area (Å²) in [4.78, 5) is 32.7. The molecule has 38 heavy (non-hydrogen) atoms. The number of rotatable bonds is 14. The molecular formula is C29H36F3N3O3. The summed E-state index contributed by atoms with van der Waals surface area (Å²) in [6.45, 7) is 3.04. The van der Waals surface area contributed by atoms with Gasteiger partial charge in [0.15, 0.2) is 0 Å². The van der Waals surface area contributed by atoms with Crippen LogP contribution in [0.4, 0.5) is 13.2 Å². The van der Waals surface area contributed by atoms with Crippen molar-refractivity contribution in [2.45, 2.75) is 51.7 Å². The van der Waals surface area contributed by atoms with E-state index in [1.807, 2.05) is 30.5 Å². The average molecular weight is 532 g/mol. The first-order valence-electron chi connectivity index (χ1n) is 13.0. The standard InChI is InChI=1S/C29H36F3N3O3/c1-3-4-5-10-27(36)35(17-18-38-2)21-28(37)34(20-22-11-13-24(14-12-22)29(30,31)32)16-15-23-19-33-26-9-7-6-8-25(23)26/h6-9,11-14,19,33H,3-5,10,15-18,20-21H2,1-2H3. The van der Waals surface area contributed by atoms with Crippen LogP contribution in [-0.2, 0) is 33.5 Å². The van der Waals surface area contributed by atoms with Gasteiger partial charge in [-0.1, -0.05) is 50.1 Å². The first kappa shape index (κ1) is 29.2. The predicted molar refractivity (Wildman–Crippen MR) is 141 cm³/mol. The topological polar surface area (TPSA) is 65.6 Å². The number of alkyl halides is 3. The Morgan fingerprint density at radius 3 is 2.37 bits per heavy atom. The number of halogens is 3. The Hall–Kier alpha value is -3.33. The molecule has 9 heteroatoms. The van der Waals surface area contributed by atoms with Crippen LogP contribution in [0.2, 0.25) is 0 Å². The zero-order valence-electron chi connectivity index (χ0n) is 22.0. The third kappa shape index (κ3) is 8.34. The second-order valence-corrected chi connectivity index (χ2v) is 9.38. The van der Waals surface area contributed by atoms with E-state index in [0.717, 1.165) is 47.9 Å². The molecular weight excluding hydrogens is 495 g/mol. The van der Waals surface area contributed by atoms with Gasteiger partial charge >= 0.3 is 6.18 Å². The molecule has 0 radical (unpaired) electrons. The minimum Gasteiger partial charge on any atom is -0.383 e. The molecule has 1 heterocycles. The molecule has 0 fully saturated rings. The number of carbonyl (C=O) groups excluding carboxylic acids is 2. The van der Waals surface area contributed by atoms with Crippen molar-refractivity contribution < 1.29 is 27.5 Å². The van der Waals surface area contributed by atoms with Gasteiger partial charge in [-0.25, -0.2) is 0 Å². The van der Waals surface area contributed by atoms with Crippen molar-refractivity contribution in [1.29, 1.82) is 0 Å². The smallest absolute Gasteiger partial charge is 0.383 e. The highest BCUT2D eigenvalue weighted by atomic mass is 19.4. The molecule has 0 spiro atoms. The minimum atomic E-state index is -4.43. The highest BCUT2D eigenvalue weighted by Crippen LogP contribution is 2.29. The van der Waals surface area contributed by atoms with E-state index < -0.39 is 11.7 Å². The maximum Gasteiger partial charge on any atom is 0.416 e. The summed E-state index contributed by atoms with van der Waals surface area (Å²) in [5, 5.41) is 1.06. The van der Waals surface area contributed by atoms with Crippen molar-refractivity contribution in [2.75, 3.05) is 33.4 Å². The summed E-state index contributed by atoms with van der Waals surface area (Å²) in [7, 11) is 1.54. The van der Waals surface area contributed by atoms with E-state index in [-0.39, 0.29) is 24.9 Å². The number of aromatic nitrogens is 1. The van der Waals surface area contributed by atoms with E-state index >= 15 is 0 Å². The van der Waals surface area contributed by atoms with Gasteiger partial charge in [0.1, 0.15) is 0 Å². The molecule has 3 rings (SSSR count). The molecule has 0 aliphatic heterocycles. The van der Waals surface area contributed by atoms with Crippen LogP contribution in [0.1, 0.15) is 49.3 Å². The lowest BCUT2D eigenvalue weighted by Crippen LogP contribution is -2.44. The molecule has 206 valence electrons. The van der Waals surface area contributed by atoms with Gasteiger partial charge < -0.3 is 19.5 Å². The Balaban J connectivity index is 1.78. The fraction of sp³-hybridized carbons (Fsp3) is 0.448. The van der Waals surface area contributed by atoms with Crippen LogP contribution >= 0.6 is 0 Å². The lowest BCUT2D eigenvalue weighted by atomic mass is 10.1. The van der Waals surface area contributed by atoms with Crippen LogP contribution in [0.25, 0.3) is 10.9 Å². The number of carbonyl (C=O) groups is 2. The van der Waals surface area contributed by atoms with Crippen LogP contribution in [-0.4, -0.2) is 59.9 Å². The van der Waals surface area contributed by atoms with Gasteiger partial charge in [-0.15, -0.1) is 0 Å². The van der Waals surface area contributed by atoms with Gasteiger partial charge in [0, 0.05) is 50.3 Å². The second-order valence-electron chi connectivity index (χ2n) is 9.38. The van der Waals surface area contributed by atoms with Crippen LogP contribution in [0, 0.1) is 0 Å². The number of H-pyrrole nitrogens is 1. The quantitative estimate of drug-likeness (QED) is 0.267. The van der Waals surface area contributed by atoms with Crippen LogP contribution in [0.15, 0.2) is 54.7 Å². The van der Waals surface area contributed by atoms with E-state index in [0.29, 0.717) is 38.1 Å². The number of aromatic amines is 1. The first-order chi connectivity index (χ1) is 18.2. The Kier molecular flexibility index (Phi) is 10.8. The van der Waals surface area contributed by atoms with Gasteiger partial charge in [0.2, 0.25) is 11.8 Å². The molecule has 3 aromatic rings. The normalized spacial score (nSPS) is 11.6. The third-order valence-corrected chi connectivity index (χ3v) is 6.57. The third-order valence-electron chi connectivity index (χ3n) is 6.57. The predicted octanol–water partition coefficient (Wildman–Crippen LogP) is 5.81. The highest BCUT2D eigenvalue weighted by Gasteiger charge is 2.30. The number of nitrogens with zero attached hydrogens (tertiary/aromatic N) is 2. The van der Waals surface area contributed by atoms with E-state index in [1.54, 1.807) is 12.0 Å². The molecule has 1 aromatic heterocycles. The molecule has 0 bridgehead atoms. The molecule has 2 aromatic carbocycles. The number of nitrogens with one attached hydrogen (secondary N) is 1. The van der Waals surface area contributed by atoms with E-state index in [1.165, 1.54) is 17.0 Å². The number of amides is 2. The number of unbranched alkanes of at least 4 members (excludes halogenated alkanes) is 2. The zero-order chi connectivity index (χ0) is 27.5. The lowest BCUT2D eigenvalue weighted by molar-refractivity contribution is -0.141. The average Bonchev–Trinajstić information content (AvgIpc) is 3.31. The Bertz CT molecular complexity index is 1180. The summed E-state index contributed by atoms with van der Waals surface area (Å²) < 4.78 is 44.2. The van der Waals surface area contributed by atoms with Crippen molar-refractivity contribution in [2.24, 2.45) is 0 Å². The number of ether oxygens (including phenoxy) is 1. The van der Waals surface area contributed by atoms with Crippen LogP contribution in [0.5, 0.6) is 0 Å². The number of fused-ring (bicyclic) bond motifs is 1. The number of hydrogen-bond donors (Lipinski definition) is 1.